The standard InChI is InChI=1S/C27H23N/c1-20-16-19-26(28)25(27(20)23-13-6-3-7-14-23)18-17-22-12-8-9-15-24(22)21-10-4-2-5-11-21/h2-19H,28H2,1H3/b18-17+. The number of aryl methyl sites for hydroxylation is 1. The van der Waals surface area contributed by atoms with Gasteiger partial charge >= 0.3 is 0 Å². The molecule has 28 heavy (non-hydrogen) atoms. The Balaban J connectivity index is 1.82. The summed E-state index contributed by atoms with van der Waals surface area (Å²) in [4.78, 5) is 0. The van der Waals surface area contributed by atoms with Crippen molar-refractivity contribution in [3.05, 3.63) is 114 Å². The molecule has 0 aliphatic carbocycles. The Bertz CT molecular complexity index is 1110. The molecule has 2 N–H and O–H groups in total. The van der Waals surface area contributed by atoms with Crippen LogP contribution >= 0.6 is 0 Å². The Morgan fingerprint density at radius 2 is 1.21 bits per heavy atom. The molecule has 4 aromatic carbocycles. The first-order valence-electron chi connectivity index (χ1n) is 9.51. The van der Waals surface area contributed by atoms with Gasteiger partial charge in [-0.15, -0.1) is 0 Å². The predicted molar refractivity (Wildman–Crippen MR) is 122 cm³/mol. The maximum atomic E-state index is 6.39. The van der Waals surface area contributed by atoms with Gasteiger partial charge in [0.1, 0.15) is 0 Å². The number of nitrogen functional groups attached to an aromatic ring is 1. The van der Waals surface area contributed by atoms with Crippen LogP contribution in [0.3, 0.4) is 0 Å². The number of anilines is 1. The molecule has 0 aliphatic heterocycles. The van der Waals surface area contributed by atoms with Gasteiger partial charge in [-0.05, 0) is 46.4 Å². The summed E-state index contributed by atoms with van der Waals surface area (Å²) < 4.78 is 0. The lowest BCUT2D eigenvalue weighted by Crippen LogP contribution is -1.95. The van der Waals surface area contributed by atoms with E-state index in [-0.39, 0.29) is 0 Å². The van der Waals surface area contributed by atoms with Crippen LogP contribution in [-0.4, -0.2) is 0 Å². The number of benzene rings is 4. The normalized spacial score (nSPS) is 11.0. The Morgan fingerprint density at radius 1 is 0.607 bits per heavy atom. The van der Waals surface area contributed by atoms with Gasteiger partial charge in [-0.2, -0.15) is 0 Å². The largest absolute Gasteiger partial charge is 0.398 e. The van der Waals surface area contributed by atoms with Crippen LogP contribution < -0.4 is 5.73 Å². The second kappa shape index (κ2) is 7.98. The molecule has 0 radical (unpaired) electrons. The van der Waals surface area contributed by atoms with Gasteiger partial charge in [-0.25, -0.2) is 0 Å². The zero-order chi connectivity index (χ0) is 19.3. The molecular formula is C27H23N. The van der Waals surface area contributed by atoms with E-state index in [1.165, 1.54) is 33.4 Å². The van der Waals surface area contributed by atoms with E-state index in [4.69, 9.17) is 5.73 Å². The van der Waals surface area contributed by atoms with Gasteiger partial charge in [0.15, 0.2) is 0 Å². The number of rotatable bonds is 4. The third kappa shape index (κ3) is 3.60. The van der Waals surface area contributed by atoms with Crippen LogP contribution in [0.4, 0.5) is 5.69 Å². The molecule has 0 spiro atoms. The van der Waals surface area contributed by atoms with E-state index in [0.717, 1.165) is 11.3 Å². The minimum atomic E-state index is 0.790. The molecule has 0 bridgehead atoms. The maximum absolute atomic E-state index is 6.39. The highest BCUT2D eigenvalue weighted by Crippen LogP contribution is 2.33. The van der Waals surface area contributed by atoms with Crippen LogP contribution in [0.2, 0.25) is 0 Å². The topological polar surface area (TPSA) is 26.0 Å². The highest BCUT2D eigenvalue weighted by atomic mass is 14.6. The van der Waals surface area contributed by atoms with Crippen molar-refractivity contribution < 1.29 is 0 Å². The SMILES string of the molecule is Cc1ccc(N)c(/C=C/c2ccccc2-c2ccccc2)c1-c1ccccc1. The van der Waals surface area contributed by atoms with Crippen LogP contribution in [0.15, 0.2) is 97.1 Å². The van der Waals surface area contributed by atoms with Crippen LogP contribution in [0.25, 0.3) is 34.4 Å². The minimum Gasteiger partial charge on any atom is -0.398 e. The van der Waals surface area contributed by atoms with Gasteiger partial charge < -0.3 is 5.73 Å². The fourth-order valence-electron chi connectivity index (χ4n) is 3.61. The first-order valence-corrected chi connectivity index (χ1v) is 9.51. The Morgan fingerprint density at radius 3 is 1.93 bits per heavy atom. The average Bonchev–Trinajstić information content (AvgIpc) is 2.75. The molecule has 0 aromatic heterocycles. The molecule has 0 saturated heterocycles. The summed E-state index contributed by atoms with van der Waals surface area (Å²) in [5.74, 6) is 0. The van der Waals surface area contributed by atoms with Gasteiger partial charge in [-0.3, -0.25) is 0 Å². The summed E-state index contributed by atoms with van der Waals surface area (Å²) in [5, 5.41) is 0. The predicted octanol–water partition coefficient (Wildman–Crippen LogP) is 7.08. The number of nitrogens with two attached hydrogens (primary N) is 1. The molecule has 0 amide bonds. The van der Waals surface area contributed by atoms with E-state index >= 15 is 0 Å². The molecular weight excluding hydrogens is 338 g/mol. The first kappa shape index (κ1) is 17.8. The lowest BCUT2D eigenvalue weighted by Gasteiger charge is -2.13. The van der Waals surface area contributed by atoms with Crippen molar-refractivity contribution in [2.75, 3.05) is 5.73 Å². The summed E-state index contributed by atoms with van der Waals surface area (Å²) >= 11 is 0. The number of hydrogen-bond acceptors (Lipinski definition) is 1. The second-order valence-corrected chi connectivity index (χ2v) is 6.91. The zero-order valence-corrected chi connectivity index (χ0v) is 16.0. The van der Waals surface area contributed by atoms with Gasteiger partial charge in [0.2, 0.25) is 0 Å². The lowest BCUT2D eigenvalue weighted by molar-refractivity contribution is 1.44. The third-order valence-electron chi connectivity index (χ3n) is 5.03. The Kier molecular flexibility index (Phi) is 5.07. The summed E-state index contributed by atoms with van der Waals surface area (Å²) in [7, 11) is 0. The van der Waals surface area contributed by atoms with Gasteiger partial charge in [0, 0.05) is 11.3 Å². The molecule has 1 heteroatoms. The first-order chi connectivity index (χ1) is 13.7. The summed E-state index contributed by atoms with van der Waals surface area (Å²) in [5.41, 5.74) is 15.4. The third-order valence-corrected chi connectivity index (χ3v) is 5.03. The summed E-state index contributed by atoms with van der Waals surface area (Å²) in [6.45, 7) is 2.14. The van der Waals surface area contributed by atoms with Gasteiger partial charge in [0.05, 0.1) is 0 Å². The van der Waals surface area contributed by atoms with Crippen molar-refractivity contribution in [2.45, 2.75) is 6.92 Å². The molecule has 4 rings (SSSR count). The van der Waals surface area contributed by atoms with Crippen LogP contribution in [0.5, 0.6) is 0 Å². The highest BCUT2D eigenvalue weighted by Gasteiger charge is 2.10. The molecule has 136 valence electrons. The minimum absolute atomic E-state index is 0.790. The van der Waals surface area contributed by atoms with Crippen molar-refractivity contribution in [3.63, 3.8) is 0 Å². The lowest BCUT2D eigenvalue weighted by atomic mass is 9.92. The molecule has 0 atom stereocenters. The van der Waals surface area contributed by atoms with E-state index in [2.05, 4.69) is 97.9 Å². The van der Waals surface area contributed by atoms with Crippen molar-refractivity contribution >= 4 is 17.8 Å². The molecule has 0 fully saturated rings. The number of hydrogen-bond donors (Lipinski definition) is 1. The highest BCUT2D eigenvalue weighted by molar-refractivity contribution is 5.90. The smallest absolute Gasteiger partial charge is 0.0394 e. The monoisotopic (exact) mass is 361 g/mol. The Labute approximate surface area is 166 Å². The Hall–Kier alpha value is -3.58. The quantitative estimate of drug-likeness (QED) is 0.305. The van der Waals surface area contributed by atoms with E-state index in [9.17, 15) is 0 Å². The average molecular weight is 361 g/mol. The zero-order valence-electron chi connectivity index (χ0n) is 16.0. The maximum Gasteiger partial charge on any atom is 0.0394 e. The molecule has 0 saturated carbocycles. The fourth-order valence-corrected chi connectivity index (χ4v) is 3.61. The second-order valence-electron chi connectivity index (χ2n) is 6.91. The van der Waals surface area contributed by atoms with E-state index < -0.39 is 0 Å². The molecule has 0 unspecified atom stereocenters. The van der Waals surface area contributed by atoms with Crippen LogP contribution in [-0.2, 0) is 0 Å². The molecule has 1 nitrogen and oxygen atoms in total. The van der Waals surface area contributed by atoms with Crippen molar-refractivity contribution in [1.29, 1.82) is 0 Å². The fraction of sp³-hybridized carbons (Fsp3) is 0.0370. The van der Waals surface area contributed by atoms with E-state index in [1.54, 1.807) is 0 Å². The van der Waals surface area contributed by atoms with Gasteiger partial charge in [0.25, 0.3) is 0 Å². The van der Waals surface area contributed by atoms with E-state index in [1.807, 2.05) is 18.2 Å². The molecule has 0 aliphatic rings. The van der Waals surface area contributed by atoms with Crippen molar-refractivity contribution in [2.24, 2.45) is 0 Å². The summed E-state index contributed by atoms with van der Waals surface area (Å²) in [6, 6.07) is 33.5. The van der Waals surface area contributed by atoms with Crippen molar-refractivity contribution in [3.8, 4) is 22.3 Å². The van der Waals surface area contributed by atoms with E-state index in [0.29, 0.717) is 0 Å². The van der Waals surface area contributed by atoms with Gasteiger partial charge in [-0.1, -0.05) is 103 Å². The van der Waals surface area contributed by atoms with Crippen molar-refractivity contribution in [1.82, 2.24) is 0 Å². The summed E-state index contributed by atoms with van der Waals surface area (Å²) in [6.07, 6.45) is 4.31. The molecule has 0 heterocycles. The molecule has 4 aromatic rings. The van der Waals surface area contributed by atoms with Crippen LogP contribution in [0.1, 0.15) is 16.7 Å². The van der Waals surface area contributed by atoms with Crippen LogP contribution in [0, 0.1) is 6.92 Å².